The second-order valence-electron chi connectivity index (χ2n) is 2.74. The van der Waals surface area contributed by atoms with Crippen LogP contribution in [0.3, 0.4) is 0 Å². The molecule has 1 aliphatic heterocycles. The Morgan fingerprint density at radius 2 is 1.62 bits per heavy atom. The fourth-order valence-electron chi connectivity index (χ4n) is 1.06. The van der Waals surface area contributed by atoms with E-state index in [1.165, 1.54) is 0 Å². The van der Waals surface area contributed by atoms with E-state index in [-0.39, 0.29) is 0 Å². The lowest BCUT2D eigenvalue weighted by atomic mass is 9.99. The molecule has 0 spiro atoms. The maximum Gasteiger partial charge on any atom is 0.184 e. The van der Waals surface area contributed by atoms with Crippen LogP contribution in [-0.4, -0.2) is 57.1 Å². The average Bonchev–Trinajstić information content (AvgIpc) is 2.07. The summed E-state index contributed by atoms with van der Waals surface area (Å²) in [4.78, 5) is 10.3. The number of hydrogen-bond acceptors (Lipinski definition) is 7. The van der Waals surface area contributed by atoms with E-state index in [4.69, 9.17) is 20.4 Å². The number of ether oxygens (including phenoxy) is 1. The first-order valence-electron chi connectivity index (χ1n) is 3.53. The third kappa shape index (κ3) is 1.79. The third-order valence-electron chi connectivity index (χ3n) is 1.82. The van der Waals surface area contributed by atoms with Gasteiger partial charge in [0.25, 0.3) is 0 Å². The summed E-state index contributed by atoms with van der Waals surface area (Å²) in [6.07, 6.45) is -9.00. The van der Waals surface area contributed by atoms with Gasteiger partial charge in [0.05, 0.1) is 5.97 Å². The predicted octanol–water partition coefficient (Wildman–Crippen LogP) is -4.46. The minimum Gasteiger partial charge on any atom is -0.547 e. The van der Waals surface area contributed by atoms with Gasteiger partial charge in [0, 0.05) is 0 Å². The first kappa shape index (κ1) is 10.4. The Labute approximate surface area is 72.8 Å². The van der Waals surface area contributed by atoms with Crippen LogP contribution >= 0.6 is 0 Å². The lowest BCUT2D eigenvalue weighted by Gasteiger charge is -2.38. The SMILES string of the molecule is O=C([O-])[C@@H]1O[C@@H](O)[C@H](O)[C@@H](O)[C@@H]1O. The molecule has 1 fully saturated rings. The summed E-state index contributed by atoms with van der Waals surface area (Å²) in [6, 6.07) is 0. The zero-order valence-electron chi connectivity index (χ0n) is 6.40. The highest BCUT2D eigenvalue weighted by atomic mass is 16.6. The topological polar surface area (TPSA) is 130 Å². The van der Waals surface area contributed by atoms with E-state index in [2.05, 4.69) is 4.74 Å². The van der Waals surface area contributed by atoms with Crippen molar-refractivity contribution >= 4 is 5.97 Å². The summed E-state index contributed by atoms with van der Waals surface area (Å²) >= 11 is 0. The van der Waals surface area contributed by atoms with Crippen LogP contribution < -0.4 is 5.11 Å². The van der Waals surface area contributed by atoms with E-state index >= 15 is 0 Å². The van der Waals surface area contributed by atoms with Gasteiger partial charge in [0.2, 0.25) is 0 Å². The maximum atomic E-state index is 10.3. The number of aliphatic hydroxyl groups is 4. The predicted molar refractivity (Wildman–Crippen MR) is 33.9 cm³/mol. The van der Waals surface area contributed by atoms with Crippen molar-refractivity contribution in [3.05, 3.63) is 0 Å². The fourth-order valence-corrected chi connectivity index (χ4v) is 1.06. The Kier molecular flexibility index (Phi) is 2.84. The quantitative estimate of drug-likeness (QED) is 0.330. The van der Waals surface area contributed by atoms with E-state index in [9.17, 15) is 9.90 Å². The second-order valence-corrected chi connectivity index (χ2v) is 2.74. The molecule has 7 nitrogen and oxygen atoms in total. The molecule has 0 bridgehead atoms. The Morgan fingerprint density at radius 1 is 1.08 bits per heavy atom. The van der Waals surface area contributed by atoms with E-state index < -0.39 is 36.7 Å². The summed E-state index contributed by atoms with van der Waals surface area (Å²) in [7, 11) is 0. The van der Waals surface area contributed by atoms with Crippen LogP contribution in [0.15, 0.2) is 0 Å². The van der Waals surface area contributed by atoms with Crippen LogP contribution in [0.25, 0.3) is 0 Å². The number of hydrogen-bond donors (Lipinski definition) is 4. The zero-order valence-corrected chi connectivity index (χ0v) is 6.40. The molecule has 7 heteroatoms. The molecule has 13 heavy (non-hydrogen) atoms. The Hall–Kier alpha value is -0.730. The van der Waals surface area contributed by atoms with Crippen molar-refractivity contribution in [2.24, 2.45) is 0 Å². The number of aliphatic hydroxyl groups excluding tert-OH is 4. The zero-order chi connectivity index (χ0) is 10.2. The van der Waals surface area contributed by atoms with Gasteiger partial charge in [0.1, 0.15) is 24.4 Å². The van der Waals surface area contributed by atoms with E-state index in [1.54, 1.807) is 0 Å². The summed E-state index contributed by atoms with van der Waals surface area (Å²) < 4.78 is 4.28. The van der Waals surface area contributed by atoms with Crippen LogP contribution in [0, 0.1) is 0 Å². The first-order chi connectivity index (χ1) is 5.95. The molecular weight excluding hydrogens is 184 g/mol. The Bertz CT molecular complexity index is 205. The summed E-state index contributed by atoms with van der Waals surface area (Å²) in [5, 5.41) is 46.1. The fraction of sp³-hybridized carbons (Fsp3) is 0.833. The molecule has 0 unspecified atom stereocenters. The molecule has 0 saturated carbocycles. The lowest BCUT2D eigenvalue weighted by Crippen LogP contribution is -2.62. The largest absolute Gasteiger partial charge is 0.547 e. The summed E-state index contributed by atoms with van der Waals surface area (Å²) in [5.41, 5.74) is 0. The van der Waals surface area contributed by atoms with Crippen molar-refractivity contribution < 1.29 is 35.1 Å². The highest BCUT2D eigenvalue weighted by molar-refractivity contribution is 5.71. The van der Waals surface area contributed by atoms with Crippen molar-refractivity contribution in [2.75, 3.05) is 0 Å². The van der Waals surface area contributed by atoms with Crippen LogP contribution in [0.2, 0.25) is 0 Å². The Morgan fingerprint density at radius 3 is 2.08 bits per heavy atom. The minimum absolute atomic E-state index is 1.73. The number of aliphatic carboxylic acids is 1. The molecule has 0 radical (unpaired) electrons. The van der Waals surface area contributed by atoms with E-state index in [1.807, 2.05) is 0 Å². The standard InChI is InChI=1S/C6H10O7/c7-1-2(8)4(5(10)11)13-6(12)3(1)9/h1-4,6-9,12H,(H,10,11)/p-1/t1-,2-,3+,4+,6+/m0/s1. The number of rotatable bonds is 1. The molecule has 1 rings (SSSR count). The van der Waals surface area contributed by atoms with Crippen molar-refractivity contribution in [2.45, 2.75) is 30.7 Å². The molecule has 0 aromatic heterocycles. The van der Waals surface area contributed by atoms with Crippen molar-refractivity contribution in [3.8, 4) is 0 Å². The smallest absolute Gasteiger partial charge is 0.184 e. The van der Waals surface area contributed by atoms with Gasteiger partial charge in [-0.15, -0.1) is 0 Å². The molecule has 0 aromatic rings. The van der Waals surface area contributed by atoms with Gasteiger partial charge in [-0.1, -0.05) is 0 Å². The maximum absolute atomic E-state index is 10.3. The van der Waals surface area contributed by atoms with Gasteiger partial charge in [-0.2, -0.15) is 0 Å². The number of carbonyl (C=O) groups excluding carboxylic acids is 1. The molecular formula is C6H9O7-. The molecule has 0 aromatic carbocycles. The monoisotopic (exact) mass is 193 g/mol. The highest BCUT2D eigenvalue weighted by Crippen LogP contribution is 2.19. The van der Waals surface area contributed by atoms with Gasteiger partial charge in [-0.05, 0) is 0 Å². The molecule has 1 saturated heterocycles. The van der Waals surface area contributed by atoms with Gasteiger partial charge in [-0.25, -0.2) is 0 Å². The minimum atomic E-state index is -1.85. The van der Waals surface area contributed by atoms with Crippen LogP contribution in [0.4, 0.5) is 0 Å². The van der Waals surface area contributed by atoms with Crippen molar-refractivity contribution in [1.29, 1.82) is 0 Å². The highest BCUT2D eigenvalue weighted by Gasteiger charge is 2.43. The molecule has 4 N–H and O–H groups in total. The molecule has 1 aliphatic rings. The van der Waals surface area contributed by atoms with E-state index in [0.29, 0.717) is 0 Å². The molecule has 5 atom stereocenters. The van der Waals surface area contributed by atoms with Crippen LogP contribution in [0.1, 0.15) is 0 Å². The Balaban J connectivity index is 2.76. The molecule has 1 heterocycles. The summed E-state index contributed by atoms with van der Waals surface area (Å²) in [6.45, 7) is 0. The third-order valence-corrected chi connectivity index (χ3v) is 1.82. The van der Waals surface area contributed by atoms with Gasteiger partial charge >= 0.3 is 0 Å². The molecule has 76 valence electrons. The normalized spacial score (nSPS) is 46.0. The number of carboxylic acids is 1. The number of carbonyl (C=O) groups is 1. The number of carboxylic acid groups (broad SMARTS) is 1. The molecule has 0 amide bonds. The molecule has 0 aliphatic carbocycles. The van der Waals surface area contributed by atoms with Crippen molar-refractivity contribution in [1.82, 2.24) is 0 Å². The van der Waals surface area contributed by atoms with Crippen LogP contribution in [0.5, 0.6) is 0 Å². The van der Waals surface area contributed by atoms with Crippen LogP contribution in [-0.2, 0) is 9.53 Å². The van der Waals surface area contributed by atoms with Gasteiger partial charge in [0.15, 0.2) is 6.29 Å². The summed E-state index contributed by atoms with van der Waals surface area (Å²) in [5.74, 6) is -1.77. The first-order valence-corrected chi connectivity index (χ1v) is 3.53. The second kappa shape index (κ2) is 3.56. The lowest BCUT2D eigenvalue weighted by molar-refractivity contribution is -0.345. The van der Waals surface area contributed by atoms with Gasteiger partial charge in [-0.3, -0.25) is 0 Å². The van der Waals surface area contributed by atoms with E-state index in [0.717, 1.165) is 0 Å². The van der Waals surface area contributed by atoms with Crippen molar-refractivity contribution in [3.63, 3.8) is 0 Å². The average molecular weight is 193 g/mol. The van der Waals surface area contributed by atoms with Gasteiger partial charge < -0.3 is 35.1 Å².